The Balaban J connectivity index is 1.75. The smallest absolute Gasteiger partial charge is 0.324 e. The van der Waals surface area contributed by atoms with Crippen molar-refractivity contribution >= 4 is 17.7 Å². The number of carbonyl (C=O) groups excluding carboxylic acids is 1. The van der Waals surface area contributed by atoms with Crippen LogP contribution in [0.3, 0.4) is 0 Å². The number of rotatable bonds is 6. The highest BCUT2D eigenvalue weighted by molar-refractivity contribution is 7.99. The van der Waals surface area contributed by atoms with E-state index < -0.39 is 6.04 Å². The lowest BCUT2D eigenvalue weighted by atomic mass is 10.2. The van der Waals surface area contributed by atoms with Crippen LogP contribution in [0.1, 0.15) is 5.56 Å². The molecule has 0 aromatic heterocycles. The summed E-state index contributed by atoms with van der Waals surface area (Å²) in [5.74, 6) is 0.148. The molecular weight excluding hydrogens is 270 g/mol. The normalized spacial score (nSPS) is 11.8. The minimum absolute atomic E-state index is 0.267. The first kappa shape index (κ1) is 14.6. The standard InChI is InChI=1S/C16H17NO2S/c17-15(12-20-14-9-5-2-6-10-14)16(18)19-11-13-7-3-1-4-8-13/h1-10,15H,11-12,17H2. The van der Waals surface area contributed by atoms with Crippen molar-refractivity contribution in [1.29, 1.82) is 0 Å². The van der Waals surface area contributed by atoms with Gasteiger partial charge in [0.2, 0.25) is 0 Å². The Morgan fingerprint density at radius 3 is 2.30 bits per heavy atom. The molecule has 2 rings (SSSR count). The molecule has 0 aliphatic heterocycles. The summed E-state index contributed by atoms with van der Waals surface area (Å²) in [4.78, 5) is 12.9. The number of carbonyl (C=O) groups is 1. The Morgan fingerprint density at radius 2 is 1.65 bits per heavy atom. The highest BCUT2D eigenvalue weighted by Gasteiger charge is 2.15. The molecule has 0 aliphatic carbocycles. The third kappa shape index (κ3) is 4.72. The summed E-state index contributed by atoms with van der Waals surface area (Å²) >= 11 is 1.55. The molecule has 1 atom stereocenters. The number of hydrogen-bond acceptors (Lipinski definition) is 4. The van der Waals surface area contributed by atoms with Crippen LogP contribution in [0, 0.1) is 0 Å². The molecule has 0 fully saturated rings. The number of esters is 1. The van der Waals surface area contributed by atoms with Crippen LogP contribution in [0.4, 0.5) is 0 Å². The third-order valence-corrected chi connectivity index (χ3v) is 3.83. The van der Waals surface area contributed by atoms with E-state index >= 15 is 0 Å². The van der Waals surface area contributed by atoms with E-state index in [1.54, 1.807) is 11.8 Å². The van der Waals surface area contributed by atoms with Crippen molar-refractivity contribution in [2.24, 2.45) is 5.73 Å². The van der Waals surface area contributed by atoms with Gasteiger partial charge in [0.25, 0.3) is 0 Å². The van der Waals surface area contributed by atoms with Gasteiger partial charge in [-0.2, -0.15) is 0 Å². The molecule has 0 aliphatic rings. The fraction of sp³-hybridized carbons (Fsp3) is 0.188. The van der Waals surface area contributed by atoms with Crippen LogP contribution in [0.2, 0.25) is 0 Å². The van der Waals surface area contributed by atoms with Gasteiger partial charge in [-0.1, -0.05) is 48.5 Å². The molecule has 0 spiro atoms. The van der Waals surface area contributed by atoms with E-state index in [1.165, 1.54) is 0 Å². The lowest BCUT2D eigenvalue weighted by molar-refractivity contribution is -0.145. The van der Waals surface area contributed by atoms with Crippen LogP contribution in [0.15, 0.2) is 65.6 Å². The molecule has 0 heterocycles. The Morgan fingerprint density at radius 1 is 1.05 bits per heavy atom. The Bertz CT molecular complexity index is 531. The number of nitrogens with two attached hydrogens (primary N) is 1. The van der Waals surface area contributed by atoms with Crippen molar-refractivity contribution in [2.75, 3.05) is 5.75 Å². The van der Waals surface area contributed by atoms with Crippen LogP contribution in [-0.4, -0.2) is 17.8 Å². The number of benzene rings is 2. The summed E-state index contributed by atoms with van der Waals surface area (Å²) in [6.45, 7) is 0.267. The monoisotopic (exact) mass is 287 g/mol. The predicted molar refractivity (Wildman–Crippen MR) is 81.4 cm³/mol. The zero-order valence-electron chi connectivity index (χ0n) is 11.1. The Kier molecular flexibility index (Phi) is 5.65. The number of ether oxygens (including phenoxy) is 1. The lowest BCUT2D eigenvalue weighted by Crippen LogP contribution is -2.34. The van der Waals surface area contributed by atoms with E-state index in [0.29, 0.717) is 5.75 Å². The largest absolute Gasteiger partial charge is 0.460 e. The molecule has 2 aromatic rings. The van der Waals surface area contributed by atoms with Gasteiger partial charge < -0.3 is 10.5 Å². The molecule has 3 nitrogen and oxygen atoms in total. The summed E-state index contributed by atoms with van der Waals surface area (Å²) in [6.07, 6.45) is 0. The van der Waals surface area contributed by atoms with Gasteiger partial charge in [-0.25, -0.2) is 0 Å². The summed E-state index contributed by atoms with van der Waals surface area (Å²) in [5, 5.41) is 0. The van der Waals surface area contributed by atoms with Gasteiger partial charge in [-0.05, 0) is 17.7 Å². The average Bonchev–Trinajstić information content (AvgIpc) is 2.52. The van der Waals surface area contributed by atoms with Crippen molar-refractivity contribution in [3.05, 3.63) is 66.2 Å². The average molecular weight is 287 g/mol. The lowest BCUT2D eigenvalue weighted by Gasteiger charge is -2.11. The second-order valence-electron chi connectivity index (χ2n) is 4.32. The Hall–Kier alpha value is -1.78. The summed E-state index contributed by atoms with van der Waals surface area (Å²) in [6, 6.07) is 18.8. The zero-order valence-corrected chi connectivity index (χ0v) is 11.9. The van der Waals surface area contributed by atoms with Crippen molar-refractivity contribution in [3.8, 4) is 0 Å². The van der Waals surface area contributed by atoms with Crippen LogP contribution in [0.25, 0.3) is 0 Å². The number of hydrogen-bond donors (Lipinski definition) is 1. The van der Waals surface area contributed by atoms with E-state index in [4.69, 9.17) is 10.5 Å². The second kappa shape index (κ2) is 7.72. The van der Waals surface area contributed by atoms with Crippen LogP contribution >= 0.6 is 11.8 Å². The fourth-order valence-electron chi connectivity index (χ4n) is 1.61. The van der Waals surface area contributed by atoms with Gasteiger partial charge in [0.15, 0.2) is 0 Å². The van der Waals surface area contributed by atoms with Gasteiger partial charge in [0, 0.05) is 10.6 Å². The summed E-state index contributed by atoms with van der Waals surface area (Å²) in [7, 11) is 0. The molecule has 2 N–H and O–H groups in total. The van der Waals surface area contributed by atoms with Crippen molar-refractivity contribution < 1.29 is 9.53 Å². The Labute approximate surface area is 123 Å². The minimum atomic E-state index is -0.607. The molecule has 0 bridgehead atoms. The first-order valence-electron chi connectivity index (χ1n) is 6.39. The second-order valence-corrected chi connectivity index (χ2v) is 5.42. The molecule has 0 radical (unpaired) electrons. The fourth-order valence-corrected chi connectivity index (χ4v) is 2.46. The maximum absolute atomic E-state index is 11.8. The first-order chi connectivity index (χ1) is 9.75. The van der Waals surface area contributed by atoms with Gasteiger partial charge >= 0.3 is 5.97 Å². The van der Waals surface area contributed by atoms with E-state index in [9.17, 15) is 4.79 Å². The van der Waals surface area contributed by atoms with E-state index in [0.717, 1.165) is 10.5 Å². The van der Waals surface area contributed by atoms with Crippen molar-refractivity contribution in [3.63, 3.8) is 0 Å². The predicted octanol–water partition coefficient (Wildman–Crippen LogP) is 2.85. The van der Waals surface area contributed by atoms with Gasteiger partial charge in [0.1, 0.15) is 12.6 Å². The topological polar surface area (TPSA) is 52.3 Å². The first-order valence-corrected chi connectivity index (χ1v) is 7.38. The van der Waals surface area contributed by atoms with Gasteiger partial charge in [0.05, 0.1) is 0 Å². The van der Waals surface area contributed by atoms with Gasteiger partial charge in [-0.3, -0.25) is 4.79 Å². The molecular formula is C16H17NO2S. The van der Waals surface area contributed by atoms with E-state index in [-0.39, 0.29) is 12.6 Å². The van der Waals surface area contributed by atoms with E-state index in [2.05, 4.69) is 0 Å². The quantitative estimate of drug-likeness (QED) is 0.655. The molecule has 104 valence electrons. The summed E-state index contributed by atoms with van der Waals surface area (Å²) < 4.78 is 5.20. The van der Waals surface area contributed by atoms with Crippen LogP contribution in [-0.2, 0) is 16.1 Å². The summed E-state index contributed by atoms with van der Waals surface area (Å²) in [5.41, 5.74) is 6.80. The van der Waals surface area contributed by atoms with E-state index in [1.807, 2.05) is 60.7 Å². The highest BCUT2D eigenvalue weighted by Crippen LogP contribution is 2.17. The molecule has 20 heavy (non-hydrogen) atoms. The maximum atomic E-state index is 11.8. The highest BCUT2D eigenvalue weighted by atomic mass is 32.2. The third-order valence-electron chi connectivity index (χ3n) is 2.70. The van der Waals surface area contributed by atoms with Crippen molar-refractivity contribution in [2.45, 2.75) is 17.5 Å². The molecule has 2 aromatic carbocycles. The minimum Gasteiger partial charge on any atom is -0.460 e. The van der Waals surface area contributed by atoms with Gasteiger partial charge in [-0.15, -0.1) is 11.8 Å². The van der Waals surface area contributed by atoms with Crippen LogP contribution in [0.5, 0.6) is 0 Å². The zero-order chi connectivity index (χ0) is 14.2. The maximum Gasteiger partial charge on any atom is 0.324 e. The SMILES string of the molecule is NC(CSc1ccccc1)C(=O)OCc1ccccc1. The molecule has 0 saturated carbocycles. The number of thioether (sulfide) groups is 1. The molecule has 0 saturated heterocycles. The molecule has 0 amide bonds. The van der Waals surface area contributed by atoms with Crippen molar-refractivity contribution in [1.82, 2.24) is 0 Å². The molecule has 4 heteroatoms. The van der Waals surface area contributed by atoms with Crippen LogP contribution < -0.4 is 5.73 Å². The molecule has 1 unspecified atom stereocenters.